The van der Waals surface area contributed by atoms with E-state index in [1.165, 1.54) is 25.7 Å². The molecule has 0 atom stereocenters. The number of carboxylic acids is 1. The van der Waals surface area contributed by atoms with E-state index < -0.39 is 5.97 Å². The minimum atomic E-state index is -0.627. The lowest BCUT2D eigenvalue weighted by Crippen LogP contribution is -2.64. The summed E-state index contributed by atoms with van der Waals surface area (Å²) in [6.45, 7) is 6.76. The lowest BCUT2D eigenvalue weighted by atomic mass is 9.71. The van der Waals surface area contributed by atoms with Crippen LogP contribution in [0.25, 0.3) is 0 Å². The molecule has 1 aliphatic heterocycles. The highest BCUT2D eigenvalue weighted by Crippen LogP contribution is 2.47. The predicted octanol–water partition coefficient (Wildman–Crippen LogP) is 2.90. The smallest absolute Gasteiger partial charge is 0.305 e. The maximum atomic E-state index is 11.1. The van der Waals surface area contributed by atoms with Gasteiger partial charge in [-0.15, -0.1) is 0 Å². The summed E-state index contributed by atoms with van der Waals surface area (Å²) in [6, 6.07) is 0. The number of rotatable bonds is 5. The van der Waals surface area contributed by atoms with Crippen molar-refractivity contribution in [3.8, 4) is 0 Å². The average molecular weight is 239 g/mol. The lowest BCUT2D eigenvalue weighted by Gasteiger charge is -2.57. The van der Waals surface area contributed by atoms with Crippen LogP contribution in [-0.2, 0) is 4.79 Å². The van der Waals surface area contributed by atoms with Crippen molar-refractivity contribution >= 4 is 5.97 Å². The van der Waals surface area contributed by atoms with E-state index in [0.29, 0.717) is 11.8 Å². The molecular weight excluding hydrogens is 214 g/mol. The molecule has 2 rings (SSSR count). The van der Waals surface area contributed by atoms with E-state index in [9.17, 15) is 4.79 Å². The third-order valence-corrected chi connectivity index (χ3v) is 5.24. The third-order valence-electron chi connectivity index (χ3n) is 5.24. The molecule has 0 aromatic carbocycles. The second kappa shape index (κ2) is 4.60. The summed E-state index contributed by atoms with van der Waals surface area (Å²) >= 11 is 0. The van der Waals surface area contributed by atoms with Gasteiger partial charge in [0.05, 0.1) is 6.42 Å². The Balaban J connectivity index is 2.03. The summed E-state index contributed by atoms with van der Waals surface area (Å²) in [4.78, 5) is 13.6. The fraction of sp³-hybridized carbons (Fsp3) is 0.929. The first kappa shape index (κ1) is 12.9. The molecule has 1 heterocycles. The molecule has 1 saturated heterocycles. The Morgan fingerprint density at radius 2 is 1.71 bits per heavy atom. The number of carbonyl (C=O) groups is 1. The highest BCUT2D eigenvalue weighted by molar-refractivity contribution is 5.68. The Kier molecular flexibility index (Phi) is 3.48. The van der Waals surface area contributed by atoms with Gasteiger partial charge in [-0.1, -0.05) is 26.7 Å². The first-order chi connectivity index (χ1) is 8.06. The molecule has 0 radical (unpaired) electrons. The van der Waals surface area contributed by atoms with Crippen LogP contribution in [0.1, 0.15) is 58.8 Å². The number of carboxylic acid groups (broad SMARTS) is 1. The van der Waals surface area contributed by atoms with Crippen LogP contribution in [-0.4, -0.2) is 34.6 Å². The molecule has 1 aliphatic carbocycles. The zero-order chi connectivity index (χ0) is 12.5. The number of likely N-dealkylation sites (tertiary alicyclic amines) is 1. The molecule has 3 nitrogen and oxygen atoms in total. The molecule has 0 aromatic heterocycles. The van der Waals surface area contributed by atoms with Crippen LogP contribution in [0.5, 0.6) is 0 Å². The van der Waals surface area contributed by atoms with Gasteiger partial charge in [0.2, 0.25) is 0 Å². The molecule has 17 heavy (non-hydrogen) atoms. The molecule has 0 amide bonds. The first-order valence-corrected chi connectivity index (χ1v) is 7.03. The van der Waals surface area contributed by atoms with E-state index in [-0.39, 0.29) is 5.54 Å². The van der Waals surface area contributed by atoms with E-state index in [1.807, 2.05) is 0 Å². The summed E-state index contributed by atoms with van der Waals surface area (Å²) < 4.78 is 0. The zero-order valence-electron chi connectivity index (χ0n) is 11.2. The van der Waals surface area contributed by atoms with Gasteiger partial charge in [0.1, 0.15) is 0 Å². The number of hydrogen-bond acceptors (Lipinski definition) is 2. The Labute approximate surface area is 104 Å². The molecule has 2 aliphatic rings. The zero-order valence-corrected chi connectivity index (χ0v) is 11.2. The molecule has 3 heteroatoms. The minimum absolute atomic E-state index is 0.000324. The van der Waals surface area contributed by atoms with Crippen molar-refractivity contribution in [2.24, 2.45) is 5.41 Å². The largest absolute Gasteiger partial charge is 0.481 e. The van der Waals surface area contributed by atoms with Crippen LogP contribution in [0.4, 0.5) is 0 Å². The van der Waals surface area contributed by atoms with Crippen LogP contribution >= 0.6 is 0 Å². The molecule has 0 aromatic rings. The van der Waals surface area contributed by atoms with Crippen molar-refractivity contribution < 1.29 is 9.90 Å². The normalized spacial score (nSPS) is 26.7. The van der Waals surface area contributed by atoms with Crippen LogP contribution < -0.4 is 0 Å². The molecule has 98 valence electrons. The van der Waals surface area contributed by atoms with E-state index in [2.05, 4.69) is 18.7 Å². The summed E-state index contributed by atoms with van der Waals surface area (Å²) in [6.07, 6.45) is 7.37. The Morgan fingerprint density at radius 3 is 2.12 bits per heavy atom. The molecule has 1 saturated carbocycles. The van der Waals surface area contributed by atoms with Crippen molar-refractivity contribution in [3.63, 3.8) is 0 Å². The third kappa shape index (κ3) is 2.22. The monoisotopic (exact) mass is 239 g/mol. The van der Waals surface area contributed by atoms with Crippen LogP contribution in [0.2, 0.25) is 0 Å². The number of nitrogens with zero attached hydrogens (tertiary/aromatic N) is 1. The Morgan fingerprint density at radius 1 is 1.18 bits per heavy atom. The number of hydrogen-bond donors (Lipinski definition) is 1. The van der Waals surface area contributed by atoms with Gasteiger partial charge in [-0.25, -0.2) is 0 Å². The van der Waals surface area contributed by atoms with Crippen LogP contribution in [0, 0.1) is 5.41 Å². The standard InChI is InChI=1S/C14H25NO2/c1-3-13(4-2)10-15(11-13)14(9-12(16)17)7-5-6-8-14/h3-11H2,1-2H3,(H,16,17). The molecule has 2 fully saturated rings. The maximum absolute atomic E-state index is 11.1. The predicted molar refractivity (Wildman–Crippen MR) is 68.0 cm³/mol. The molecule has 0 bridgehead atoms. The van der Waals surface area contributed by atoms with Gasteiger partial charge in [-0.2, -0.15) is 0 Å². The van der Waals surface area contributed by atoms with Crippen LogP contribution in [0.15, 0.2) is 0 Å². The fourth-order valence-corrected chi connectivity index (χ4v) is 3.72. The second-order valence-corrected chi connectivity index (χ2v) is 6.07. The molecular formula is C14H25NO2. The second-order valence-electron chi connectivity index (χ2n) is 6.07. The van der Waals surface area contributed by atoms with Gasteiger partial charge in [0.15, 0.2) is 0 Å². The van der Waals surface area contributed by atoms with Crippen LogP contribution in [0.3, 0.4) is 0 Å². The van der Waals surface area contributed by atoms with Gasteiger partial charge in [0, 0.05) is 18.6 Å². The van der Waals surface area contributed by atoms with Crippen molar-refractivity contribution in [3.05, 3.63) is 0 Å². The Hall–Kier alpha value is -0.570. The summed E-state index contributed by atoms with van der Waals surface area (Å²) in [7, 11) is 0. The fourth-order valence-electron chi connectivity index (χ4n) is 3.72. The van der Waals surface area contributed by atoms with Crippen molar-refractivity contribution in [1.29, 1.82) is 0 Å². The van der Waals surface area contributed by atoms with Crippen molar-refractivity contribution in [2.75, 3.05) is 13.1 Å². The van der Waals surface area contributed by atoms with Gasteiger partial charge in [0.25, 0.3) is 0 Å². The highest BCUT2D eigenvalue weighted by Gasteiger charge is 2.51. The highest BCUT2D eigenvalue weighted by atomic mass is 16.4. The van der Waals surface area contributed by atoms with Crippen molar-refractivity contribution in [2.45, 2.75) is 64.3 Å². The first-order valence-electron chi connectivity index (χ1n) is 7.03. The quantitative estimate of drug-likeness (QED) is 0.802. The Bertz CT molecular complexity index is 283. The SMILES string of the molecule is CCC1(CC)CN(C2(CC(=O)O)CCCC2)C1. The molecule has 0 unspecified atom stereocenters. The minimum Gasteiger partial charge on any atom is -0.481 e. The molecule has 0 spiro atoms. The van der Waals surface area contributed by atoms with E-state index in [4.69, 9.17) is 5.11 Å². The van der Waals surface area contributed by atoms with E-state index >= 15 is 0 Å². The van der Waals surface area contributed by atoms with E-state index in [0.717, 1.165) is 25.9 Å². The molecule has 1 N–H and O–H groups in total. The average Bonchev–Trinajstić information content (AvgIpc) is 2.66. The van der Waals surface area contributed by atoms with Crippen molar-refractivity contribution in [1.82, 2.24) is 4.90 Å². The summed E-state index contributed by atoms with van der Waals surface area (Å²) in [5, 5.41) is 9.13. The topological polar surface area (TPSA) is 40.5 Å². The van der Waals surface area contributed by atoms with Gasteiger partial charge >= 0.3 is 5.97 Å². The number of aliphatic carboxylic acids is 1. The van der Waals surface area contributed by atoms with Gasteiger partial charge in [-0.3, -0.25) is 9.69 Å². The summed E-state index contributed by atoms with van der Waals surface area (Å²) in [5.41, 5.74) is 0.480. The maximum Gasteiger partial charge on any atom is 0.305 e. The van der Waals surface area contributed by atoms with E-state index in [1.54, 1.807) is 0 Å². The van der Waals surface area contributed by atoms with Gasteiger partial charge < -0.3 is 5.11 Å². The summed E-state index contributed by atoms with van der Waals surface area (Å²) in [5.74, 6) is -0.627. The lowest BCUT2D eigenvalue weighted by molar-refractivity contribution is -0.145. The van der Waals surface area contributed by atoms with Gasteiger partial charge in [-0.05, 0) is 31.1 Å².